The zero-order valence-electron chi connectivity index (χ0n) is 15.1. The molecule has 3 heteroatoms. The van der Waals surface area contributed by atoms with E-state index in [-0.39, 0.29) is 0 Å². The summed E-state index contributed by atoms with van der Waals surface area (Å²) in [6.45, 7) is 5.43. The number of likely N-dealkylation sites (tertiary alicyclic amines) is 1. The number of aliphatic hydroxyl groups is 1. The van der Waals surface area contributed by atoms with Crippen LogP contribution in [0.1, 0.15) is 62.6 Å². The number of hydrogen-bond acceptors (Lipinski definition) is 3. The molecule has 3 fully saturated rings. The first-order valence-electron chi connectivity index (χ1n) is 10.0. The van der Waals surface area contributed by atoms with E-state index < -0.39 is 5.60 Å². The van der Waals surface area contributed by atoms with E-state index >= 15 is 0 Å². The highest BCUT2D eigenvalue weighted by molar-refractivity contribution is 5.22. The standard InChI is InChI=1S/C21H32N2O/c1-16-10-11-20(22-12-16)21(24)18-8-5-9-19(21)15-23(14-18)13-17-6-3-2-4-7-17/h10-12,17-19,24H,2-9,13-15H2,1H3. The van der Waals surface area contributed by atoms with E-state index in [1.54, 1.807) is 0 Å². The first-order valence-corrected chi connectivity index (χ1v) is 10.0. The number of aryl methyl sites for hydroxylation is 1. The van der Waals surface area contributed by atoms with Gasteiger partial charge in [0, 0.05) is 37.7 Å². The van der Waals surface area contributed by atoms with Gasteiger partial charge in [0.15, 0.2) is 0 Å². The lowest BCUT2D eigenvalue weighted by Gasteiger charge is -2.53. The predicted octanol–water partition coefficient (Wildman–Crippen LogP) is 3.89. The molecule has 1 aromatic heterocycles. The fourth-order valence-corrected chi connectivity index (χ4v) is 5.55. The van der Waals surface area contributed by atoms with Gasteiger partial charge >= 0.3 is 0 Å². The van der Waals surface area contributed by atoms with Crippen molar-refractivity contribution in [2.75, 3.05) is 19.6 Å². The van der Waals surface area contributed by atoms with Crippen molar-refractivity contribution in [3.05, 3.63) is 29.6 Å². The highest BCUT2D eigenvalue weighted by Gasteiger charge is 2.52. The molecule has 3 nitrogen and oxygen atoms in total. The molecule has 0 amide bonds. The van der Waals surface area contributed by atoms with E-state index in [0.29, 0.717) is 11.8 Å². The summed E-state index contributed by atoms with van der Waals surface area (Å²) < 4.78 is 0. The second-order valence-electron chi connectivity index (χ2n) is 8.59. The Morgan fingerprint density at radius 2 is 1.75 bits per heavy atom. The zero-order chi connectivity index (χ0) is 16.6. The average molecular weight is 329 g/mol. The van der Waals surface area contributed by atoms with Crippen molar-refractivity contribution in [2.24, 2.45) is 17.8 Å². The minimum Gasteiger partial charge on any atom is -0.383 e. The first kappa shape index (κ1) is 16.5. The molecule has 1 aliphatic heterocycles. The van der Waals surface area contributed by atoms with Crippen molar-refractivity contribution in [3.8, 4) is 0 Å². The molecular formula is C21H32N2O. The normalized spacial score (nSPS) is 35.1. The molecule has 2 unspecified atom stereocenters. The zero-order valence-corrected chi connectivity index (χ0v) is 15.1. The van der Waals surface area contributed by atoms with Crippen LogP contribution in [-0.4, -0.2) is 34.6 Å². The Balaban J connectivity index is 1.51. The summed E-state index contributed by atoms with van der Waals surface area (Å²) in [5, 5.41) is 11.6. The lowest BCUT2D eigenvalue weighted by Crippen LogP contribution is -2.59. The molecule has 1 N–H and O–H groups in total. The van der Waals surface area contributed by atoms with Gasteiger partial charge in [-0.25, -0.2) is 0 Å². The van der Waals surface area contributed by atoms with Crippen LogP contribution in [0.4, 0.5) is 0 Å². The number of piperidine rings is 1. The summed E-state index contributed by atoms with van der Waals surface area (Å²) in [7, 11) is 0. The van der Waals surface area contributed by atoms with Gasteiger partial charge < -0.3 is 10.0 Å². The van der Waals surface area contributed by atoms with Crippen LogP contribution in [0.25, 0.3) is 0 Å². The van der Waals surface area contributed by atoms with E-state index in [4.69, 9.17) is 0 Å². The number of hydrogen-bond donors (Lipinski definition) is 1. The van der Waals surface area contributed by atoms with Crippen LogP contribution < -0.4 is 0 Å². The third kappa shape index (κ3) is 3.01. The topological polar surface area (TPSA) is 36.4 Å². The Kier molecular flexibility index (Phi) is 4.66. The van der Waals surface area contributed by atoms with Crippen LogP contribution in [0, 0.1) is 24.7 Å². The number of aromatic nitrogens is 1. The largest absolute Gasteiger partial charge is 0.383 e. The third-order valence-electron chi connectivity index (χ3n) is 6.87. The van der Waals surface area contributed by atoms with E-state index in [9.17, 15) is 5.11 Å². The lowest BCUT2D eigenvalue weighted by atomic mass is 9.63. The molecule has 2 atom stereocenters. The van der Waals surface area contributed by atoms with Crippen molar-refractivity contribution >= 4 is 0 Å². The van der Waals surface area contributed by atoms with E-state index in [2.05, 4.69) is 28.9 Å². The van der Waals surface area contributed by atoms with Crippen LogP contribution in [0.5, 0.6) is 0 Å². The van der Waals surface area contributed by atoms with Gasteiger partial charge in [0.2, 0.25) is 0 Å². The molecule has 0 spiro atoms. The Bertz CT molecular complexity index is 535. The molecule has 2 heterocycles. The van der Waals surface area contributed by atoms with Crippen molar-refractivity contribution in [1.29, 1.82) is 0 Å². The number of pyridine rings is 1. The van der Waals surface area contributed by atoms with Crippen molar-refractivity contribution in [3.63, 3.8) is 0 Å². The minimum absolute atomic E-state index is 0.351. The summed E-state index contributed by atoms with van der Waals surface area (Å²) in [5.74, 6) is 1.59. The van der Waals surface area contributed by atoms with Gasteiger partial charge in [-0.05, 0) is 50.2 Å². The van der Waals surface area contributed by atoms with Gasteiger partial charge in [0.25, 0.3) is 0 Å². The summed E-state index contributed by atoms with van der Waals surface area (Å²) >= 11 is 0. The van der Waals surface area contributed by atoms with Crippen LogP contribution in [0.2, 0.25) is 0 Å². The molecule has 2 saturated carbocycles. The van der Waals surface area contributed by atoms with Gasteiger partial charge in [-0.3, -0.25) is 4.98 Å². The molecule has 2 aliphatic carbocycles. The SMILES string of the molecule is Cc1ccc(C2(O)C3CCCC2CN(CC2CCCCC2)C3)nc1. The van der Waals surface area contributed by atoms with Gasteiger partial charge in [0.1, 0.15) is 5.60 Å². The van der Waals surface area contributed by atoms with Gasteiger partial charge in [-0.1, -0.05) is 31.7 Å². The van der Waals surface area contributed by atoms with Crippen LogP contribution in [0.3, 0.4) is 0 Å². The smallest absolute Gasteiger partial charge is 0.114 e. The third-order valence-corrected chi connectivity index (χ3v) is 6.87. The second kappa shape index (κ2) is 6.76. The molecule has 1 saturated heterocycles. The summed E-state index contributed by atoms with van der Waals surface area (Å²) in [4.78, 5) is 7.30. The number of rotatable bonds is 3. The minimum atomic E-state index is -0.699. The molecule has 0 radical (unpaired) electrons. The van der Waals surface area contributed by atoms with Crippen molar-refractivity contribution in [1.82, 2.24) is 9.88 Å². The molecule has 0 aromatic carbocycles. The van der Waals surface area contributed by atoms with Gasteiger partial charge in [0.05, 0.1) is 5.69 Å². The second-order valence-corrected chi connectivity index (χ2v) is 8.59. The van der Waals surface area contributed by atoms with Gasteiger partial charge in [-0.15, -0.1) is 0 Å². The Morgan fingerprint density at radius 3 is 2.38 bits per heavy atom. The quantitative estimate of drug-likeness (QED) is 0.914. The molecule has 4 rings (SSSR count). The lowest BCUT2D eigenvalue weighted by molar-refractivity contribution is -0.151. The number of fused-ring (bicyclic) bond motifs is 2. The maximum atomic E-state index is 11.6. The fraction of sp³-hybridized carbons (Fsp3) is 0.762. The van der Waals surface area contributed by atoms with Crippen LogP contribution in [-0.2, 0) is 5.60 Å². The van der Waals surface area contributed by atoms with Crippen molar-refractivity contribution in [2.45, 2.75) is 63.9 Å². The highest BCUT2D eigenvalue weighted by atomic mass is 16.3. The Labute approximate surface area is 146 Å². The van der Waals surface area contributed by atoms with Gasteiger partial charge in [-0.2, -0.15) is 0 Å². The first-order chi connectivity index (χ1) is 11.7. The predicted molar refractivity (Wildman–Crippen MR) is 96.7 cm³/mol. The molecular weight excluding hydrogens is 296 g/mol. The van der Waals surface area contributed by atoms with Crippen LogP contribution >= 0.6 is 0 Å². The maximum Gasteiger partial charge on any atom is 0.114 e. The number of nitrogens with zero attached hydrogens (tertiary/aromatic N) is 2. The highest BCUT2D eigenvalue weighted by Crippen LogP contribution is 2.48. The average Bonchev–Trinajstić information content (AvgIpc) is 2.57. The summed E-state index contributed by atoms with van der Waals surface area (Å²) in [6, 6.07) is 4.17. The molecule has 24 heavy (non-hydrogen) atoms. The maximum absolute atomic E-state index is 11.6. The monoisotopic (exact) mass is 328 g/mol. The molecule has 1 aromatic rings. The van der Waals surface area contributed by atoms with E-state index in [1.807, 2.05) is 6.20 Å². The molecule has 2 bridgehead atoms. The molecule has 3 aliphatic rings. The van der Waals surface area contributed by atoms with E-state index in [0.717, 1.165) is 37.5 Å². The summed E-state index contributed by atoms with van der Waals surface area (Å²) in [6.07, 6.45) is 12.6. The van der Waals surface area contributed by atoms with Crippen LogP contribution in [0.15, 0.2) is 18.3 Å². The Hall–Kier alpha value is -0.930. The van der Waals surface area contributed by atoms with E-state index in [1.165, 1.54) is 50.6 Å². The Morgan fingerprint density at radius 1 is 1.04 bits per heavy atom. The fourth-order valence-electron chi connectivity index (χ4n) is 5.55. The summed E-state index contributed by atoms with van der Waals surface area (Å²) in [5.41, 5.74) is 1.39. The van der Waals surface area contributed by atoms with Crippen molar-refractivity contribution < 1.29 is 5.11 Å². The molecule has 132 valence electrons.